The second-order valence-corrected chi connectivity index (χ2v) is 7.03. The van der Waals surface area contributed by atoms with Crippen LogP contribution >= 0.6 is 0 Å². The van der Waals surface area contributed by atoms with E-state index in [2.05, 4.69) is 0 Å². The number of ether oxygens (including phenoxy) is 3. The Kier molecular flexibility index (Phi) is 5.46. The fraction of sp³-hybridized carbons (Fsp3) is 0.286. The van der Waals surface area contributed by atoms with Gasteiger partial charge in [-0.2, -0.15) is 0 Å². The molecule has 0 spiro atoms. The van der Waals surface area contributed by atoms with Crippen LogP contribution in [0.25, 0.3) is 22.3 Å². The molecule has 31 heavy (non-hydrogen) atoms. The summed E-state index contributed by atoms with van der Waals surface area (Å²) in [5.41, 5.74) is 0.536. The lowest BCUT2D eigenvalue weighted by Gasteiger charge is -2.16. The molecule has 0 amide bonds. The Balaban J connectivity index is 1.85. The van der Waals surface area contributed by atoms with Gasteiger partial charge in [0.15, 0.2) is 11.5 Å². The molecule has 1 fully saturated rings. The minimum absolute atomic E-state index is 0.0241. The summed E-state index contributed by atoms with van der Waals surface area (Å²) in [5.74, 6) is -0.317. The van der Waals surface area contributed by atoms with Gasteiger partial charge in [0.2, 0.25) is 12.0 Å². The first-order valence-corrected chi connectivity index (χ1v) is 9.31. The van der Waals surface area contributed by atoms with E-state index >= 15 is 0 Å². The molecule has 164 valence electrons. The SMILES string of the molecule is COc1cc(-c2[o+]c3cc(O)cc(O)c3cc2O[C@@H]2O[C@H](CO)[C@@H](O)[C@@H]2O)ccc1O. The van der Waals surface area contributed by atoms with Crippen molar-refractivity contribution in [2.75, 3.05) is 13.7 Å². The van der Waals surface area contributed by atoms with E-state index in [-0.39, 0.29) is 45.5 Å². The lowest BCUT2D eigenvalue weighted by Crippen LogP contribution is -2.35. The highest BCUT2D eigenvalue weighted by Crippen LogP contribution is 2.42. The molecule has 10 nitrogen and oxygen atoms in total. The van der Waals surface area contributed by atoms with E-state index in [0.29, 0.717) is 5.56 Å². The molecule has 0 saturated carbocycles. The van der Waals surface area contributed by atoms with Gasteiger partial charge in [-0.15, -0.1) is 0 Å². The van der Waals surface area contributed by atoms with Crippen molar-refractivity contribution >= 4 is 11.0 Å². The first-order valence-electron chi connectivity index (χ1n) is 9.31. The van der Waals surface area contributed by atoms with Gasteiger partial charge in [0.1, 0.15) is 35.2 Å². The van der Waals surface area contributed by atoms with Crippen molar-refractivity contribution in [1.82, 2.24) is 0 Å². The second kappa shape index (κ2) is 8.08. The van der Waals surface area contributed by atoms with Crippen LogP contribution in [0.4, 0.5) is 0 Å². The molecule has 0 aliphatic carbocycles. The zero-order valence-corrected chi connectivity index (χ0v) is 16.3. The Morgan fingerprint density at radius 1 is 0.968 bits per heavy atom. The van der Waals surface area contributed by atoms with E-state index in [9.17, 15) is 30.6 Å². The van der Waals surface area contributed by atoms with Gasteiger partial charge in [0.05, 0.1) is 25.3 Å². The minimum atomic E-state index is -1.46. The Labute approximate surface area is 175 Å². The molecule has 6 N–H and O–H groups in total. The third-order valence-corrected chi connectivity index (χ3v) is 5.00. The predicted molar refractivity (Wildman–Crippen MR) is 106 cm³/mol. The predicted octanol–water partition coefficient (Wildman–Crippen LogP) is 1.32. The molecule has 2 heterocycles. The smallest absolute Gasteiger partial charge is 0.402 e. The van der Waals surface area contributed by atoms with E-state index in [0.717, 1.165) is 6.07 Å². The second-order valence-electron chi connectivity index (χ2n) is 7.03. The summed E-state index contributed by atoms with van der Waals surface area (Å²) in [6.45, 7) is -0.526. The third kappa shape index (κ3) is 3.77. The van der Waals surface area contributed by atoms with Gasteiger partial charge in [0, 0.05) is 18.2 Å². The first-order chi connectivity index (χ1) is 14.8. The van der Waals surface area contributed by atoms with Crippen LogP contribution in [-0.2, 0) is 4.74 Å². The van der Waals surface area contributed by atoms with Crippen molar-refractivity contribution in [3.63, 3.8) is 0 Å². The van der Waals surface area contributed by atoms with Crippen molar-refractivity contribution in [1.29, 1.82) is 0 Å². The lowest BCUT2D eigenvalue weighted by molar-refractivity contribution is -0.116. The minimum Gasteiger partial charge on any atom is -0.507 e. The summed E-state index contributed by atoms with van der Waals surface area (Å²) < 4.78 is 22.1. The van der Waals surface area contributed by atoms with E-state index in [1.54, 1.807) is 0 Å². The number of aliphatic hydroxyl groups is 3. The summed E-state index contributed by atoms with van der Waals surface area (Å²) in [6.07, 6.45) is -5.20. The maximum absolute atomic E-state index is 10.2. The van der Waals surface area contributed by atoms with Crippen molar-refractivity contribution < 1.29 is 49.3 Å². The van der Waals surface area contributed by atoms with E-state index in [4.69, 9.17) is 18.6 Å². The zero-order valence-electron chi connectivity index (χ0n) is 16.3. The Hall–Kier alpha value is -3.31. The summed E-state index contributed by atoms with van der Waals surface area (Å²) in [6, 6.07) is 8.22. The molecule has 1 aliphatic rings. The van der Waals surface area contributed by atoms with Crippen molar-refractivity contribution in [2.24, 2.45) is 0 Å². The maximum Gasteiger partial charge on any atom is 0.402 e. The van der Waals surface area contributed by atoms with Crippen LogP contribution < -0.4 is 9.47 Å². The molecular formula is C21H21O10+. The van der Waals surface area contributed by atoms with Crippen LogP contribution in [0.3, 0.4) is 0 Å². The first kappa shape index (κ1) is 20.9. The van der Waals surface area contributed by atoms with E-state index in [1.807, 2.05) is 0 Å². The van der Waals surface area contributed by atoms with Gasteiger partial charge < -0.3 is 44.8 Å². The van der Waals surface area contributed by atoms with Crippen LogP contribution in [0, 0.1) is 0 Å². The molecule has 2 aromatic carbocycles. The standard InChI is InChI=1S/C21H20O10/c1-28-15-4-9(2-3-12(15)24)20-16(30-21-19(27)18(26)17(8-22)31-21)7-11-13(25)5-10(23)6-14(11)29-20/h2-7,17-19,21-22,26-27H,8H2,1H3,(H2-,23,24,25)/p+1/t17-,18-,19+,21-/m1/s1. The lowest BCUT2D eigenvalue weighted by atomic mass is 10.1. The normalized spacial score (nSPS) is 23.2. The number of fused-ring (bicyclic) bond motifs is 1. The average molecular weight is 433 g/mol. The molecule has 1 aromatic heterocycles. The van der Waals surface area contributed by atoms with E-state index in [1.165, 1.54) is 37.4 Å². The van der Waals surface area contributed by atoms with Crippen LogP contribution in [0.1, 0.15) is 0 Å². The number of hydrogen-bond donors (Lipinski definition) is 6. The number of aromatic hydroxyl groups is 3. The average Bonchev–Trinajstić information content (AvgIpc) is 3.02. The van der Waals surface area contributed by atoms with Gasteiger partial charge >= 0.3 is 11.3 Å². The zero-order chi connectivity index (χ0) is 22.3. The number of hydrogen-bond acceptors (Lipinski definition) is 9. The number of benzene rings is 2. The monoisotopic (exact) mass is 433 g/mol. The van der Waals surface area contributed by atoms with Crippen molar-refractivity contribution in [2.45, 2.75) is 24.6 Å². The molecule has 0 bridgehead atoms. The molecule has 0 unspecified atom stereocenters. The fourth-order valence-corrected chi connectivity index (χ4v) is 3.38. The van der Waals surface area contributed by atoms with Gasteiger partial charge in [-0.05, 0) is 12.1 Å². The van der Waals surface area contributed by atoms with Gasteiger partial charge in [0.25, 0.3) is 0 Å². The number of rotatable bonds is 5. The highest BCUT2D eigenvalue weighted by atomic mass is 16.7. The molecule has 0 radical (unpaired) electrons. The Morgan fingerprint density at radius 3 is 2.42 bits per heavy atom. The molecule has 4 rings (SSSR count). The highest BCUT2D eigenvalue weighted by molar-refractivity contribution is 5.88. The highest BCUT2D eigenvalue weighted by Gasteiger charge is 2.45. The van der Waals surface area contributed by atoms with Gasteiger partial charge in [-0.3, -0.25) is 0 Å². The van der Waals surface area contributed by atoms with E-state index < -0.39 is 31.2 Å². The molecule has 1 aliphatic heterocycles. The Bertz CT molecular complexity index is 1120. The summed E-state index contributed by atoms with van der Waals surface area (Å²) in [5, 5.41) is 59.6. The molecule has 10 heteroatoms. The van der Waals surface area contributed by atoms with Crippen LogP contribution in [0.2, 0.25) is 0 Å². The summed E-state index contributed by atoms with van der Waals surface area (Å²) in [4.78, 5) is 0. The molecule has 3 aromatic rings. The maximum atomic E-state index is 10.2. The third-order valence-electron chi connectivity index (χ3n) is 5.00. The summed E-state index contributed by atoms with van der Waals surface area (Å²) >= 11 is 0. The number of aliphatic hydroxyl groups excluding tert-OH is 3. The van der Waals surface area contributed by atoms with Crippen molar-refractivity contribution in [3.8, 4) is 40.1 Å². The summed E-state index contributed by atoms with van der Waals surface area (Å²) in [7, 11) is 1.38. The fourth-order valence-electron chi connectivity index (χ4n) is 3.38. The largest absolute Gasteiger partial charge is 0.507 e. The number of phenols is 3. The number of phenolic OH excluding ortho intramolecular Hbond substituents is 3. The van der Waals surface area contributed by atoms with Gasteiger partial charge in [-0.25, -0.2) is 4.42 Å². The van der Waals surface area contributed by atoms with Crippen LogP contribution in [0.5, 0.6) is 28.7 Å². The topological polar surface area (TPSA) is 160 Å². The van der Waals surface area contributed by atoms with Crippen LogP contribution in [0.15, 0.2) is 40.8 Å². The molecule has 4 atom stereocenters. The number of methoxy groups -OCH3 is 1. The Morgan fingerprint density at radius 2 is 1.74 bits per heavy atom. The quantitative estimate of drug-likeness (QED) is 0.324. The molecule has 1 saturated heterocycles. The van der Waals surface area contributed by atoms with Crippen LogP contribution in [-0.4, -0.2) is 69.0 Å². The molecular weight excluding hydrogens is 412 g/mol. The van der Waals surface area contributed by atoms with Gasteiger partial charge in [-0.1, -0.05) is 0 Å². The van der Waals surface area contributed by atoms with Crippen molar-refractivity contribution in [3.05, 3.63) is 36.4 Å².